The first-order valence-electron chi connectivity index (χ1n) is 4.56. The predicted octanol–water partition coefficient (Wildman–Crippen LogP) is 3.18. The van der Waals surface area contributed by atoms with Crippen molar-refractivity contribution >= 4 is 23.4 Å². The third kappa shape index (κ3) is 2.14. The molecule has 1 unspecified atom stereocenters. The average Bonchev–Trinajstić information content (AvgIpc) is 2.58. The molecule has 1 aromatic rings. The molecule has 0 aromatic heterocycles. The Bertz CT molecular complexity index is 351. The molecule has 0 aliphatic carbocycles. The van der Waals surface area contributed by atoms with E-state index in [4.69, 9.17) is 11.6 Å². The van der Waals surface area contributed by atoms with Crippen molar-refractivity contribution in [2.24, 2.45) is 0 Å². The maximum absolute atomic E-state index is 5.72. The van der Waals surface area contributed by atoms with Crippen molar-refractivity contribution in [3.05, 3.63) is 41.4 Å². The number of nitrogens with one attached hydrogen (secondary N) is 1. The summed E-state index contributed by atoms with van der Waals surface area (Å²) < 4.78 is 0. The zero-order valence-corrected chi connectivity index (χ0v) is 9.37. The third-order valence-corrected chi connectivity index (χ3v) is 3.56. The molecule has 0 saturated carbocycles. The van der Waals surface area contributed by atoms with Gasteiger partial charge in [-0.25, -0.2) is 0 Å². The van der Waals surface area contributed by atoms with Gasteiger partial charge in [0.1, 0.15) is 0 Å². The first kappa shape index (κ1) is 10.1. The Labute approximate surface area is 93.5 Å². The number of benzene rings is 1. The van der Waals surface area contributed by atoms with E-state index in [1.54, 1.807) is 0 Å². The molecule has 1 heterocycles. The fourth-order valence-corrected chi connectivity index (χ4v) is 2.84. The van der Waals surface area contributed by atoms with Gasteiger partial charge in [0, 0.05) is 28.3 Å². The van der Waals surface area contributed by atoms with E-state index in [1.807, 2.05) is 11.8 Å². The van der Waals surface area contributed by atoms with Crippen LogP contribution in [0.15, 0.2) is 40.8 Å². The van der Waals surface area contributed by atoms with Crippen molar-refractivity contribution in [2.75, 3.05) is 12.3 Å². The minimum atomic E-state index is 0.423. The highest BCUT2D eigenvalue weighted by atomic mass is 35.5. The van der Waals surface area contributed by atoms with Gasteiger partial charge in [-0.05, 0) is 11.6 Å². The molecule has 1 nitrogen and oxygen atoms in total. The minimum absolute atomic E-state index is 0.423. The van der Waals surface area contributed by atoms with Crippen LogP contribution < -0.4 is 5.32 Å². The number of hydrogen-bond acceptors (Lipinski definition) is 2. The lowest BCUT2D eigenvalue weighted by molar-refractivity contribution is 0.625. The number of hydrogen-bond donors (Lipinski definition) is 1. The van der Waals surface area contributed by atoms with Crippen LogP contribution in [0.4, 0.5) is 0 Å². The summed E-state index contributed by atoms with van der Waals surface area (Å²) in [7, 11) is 0. The lowest BCUT2D eigenvalue weighted by Gasteiger charge is -2.11. The van der Waals surface area contributed by atoms with Crippen LogP contribution in [0.2, 0.25) is 0 Å². The molecule has 0 spiro atoms. The fourth-order valence-electron chi connectivity index (χ4n) is 1.57. The summed E-state index contributed by atoms with van der Waals surface area (Å²) in [5.74, 6) is 1.09. The summed E-state index contributed by atoms with van der Waals surface area (Å²) in [5, 5.41) is 4.05. The first-order chi connectivity index (χ1) is 6.77. The van der Waals surface area contributed by atoms with Gasteiger partial charge in [-0.2, -0.15) is 0 Å². The van der Waals surface area contributed by atoms with E-state index in [-0.39, 0.29) is 0 Å². The van der Waals surface area contributed by atoms with Gasteiger partial charge in [-0.1, -0.05) is 36.4 Å². The number of rotatable bonds is 3. The molecule has 0 fully saturated rings. The summed E-state index contributed by atoms with van der Waals surface area (Å²) in [6.07, 6.45) is 0. The smallest absolute Gasteiger partial charge is 0.0429 e. The van der Waals surface area contributed by atoms with E-state index in [9.17, 15) is 0 Å². The predicted molar refractivity (Wildman–Crippen MR) is 62.9 cm³/mol. The monoisotopic (exact) mass is 225 g/mol. The lowest BCUT2D eigenvalue weighted by atomic mass is 10.1. The van der Waals surface area contributed by atoms with Crippen LogP contribution in [-0.2, 0) is 0 Å². The molecule has 1 aromatic carbocycles. The van der Waals surface area contributed by atoms with Crippen LogP contribution in [0.5, 0.6) is 0 Å². The lowest BCUT2D eigenvalue weighted by Crippen LogP contribution is -2.22. The zero-order chi connectivity index (χ0) is 9.97. The molecule has 0 saturated heterocycles. The Hall–Kier alpha value is -0.440. The summed E-state index contributed by atoms with van der Waals surface area (Å²) in [6.45, 7) is 4.35. The van der Waals surface area contributed by atoms with E-state index in [1.165, 1.54) is 10.5 Å². The zero-order valence-electron chi connectivity index (χ0n) is 7.79. The van der Waals surface area contributed by atoms with Crippen molar-refractivity contribution in [1.82, 2.24) is 5.32 Å². The largest absolute Gasteiger partial charge is 0.304 e. The molecule has 2 rings (SSSR count). The molecule has 3 heteroatoms. The van der Waals surface area contributed by atoms with Gasteiger partial charge < -0.3 is 5.32 Å². The second-order valence-electron chi connectivity index (χ2n) is 3.30. The van der Waals surface area contributed by atoms with Gasteiger partial charge in [0.25, 0.3) is 0 Å². The number of fused-ring (bicyclic) bond motifs is 1. The van der Waals surface area contributed by atoms with E-state index < -0.39 is 0 Å². The minimum Gasteiger partial charge on any atom is -0.304 e. The molecule has 0 radical (unpaired) electrons. The SMILES string of the molecule is C=C(Cl)CNC1CSc2ccccc21. The molecule has 14 heavy (non-hydrogen) atoms. The summed E-state index contributed by atoms with van der Waals surface area (Å²) in [5.41, 5.74) is 1.38. The third-order valence-electron chi connectivity index (χ3n) is 2.24. The van der Waals surface area contributed by atoms with Crippen LogP contribution in [0.25, 0.3) is 0 Å². The van der Waals surface area contributed by atoms with Crippen LogP contribution in [0.3, 0.4) is 0 Å². The molecule has 1 aliphatic heterocycles. The van der Waals surface area contributed by atoms with Gasteiger partial charge in [0.2, 0.25) is 0 Å². The van der Waals surface area contributed by atoms with E-state index in [0.29, 0.717) is 17.6 Å². The van der Waals surface area contributed by atoms with E-state index in [0.717, 1.165) is 5.75 Å². The normalized spacial score (nSPS) is 19.4. The van der Waals surface area contributed by atoms with Gasteiger partial charge in [-0.3, -0.25) is 0 Å². The molecule has 0 bridgehead atoms. The molecule has 74 valence electrons. The van der Waals surface area contributed by atoms with Crippen molar-refractivity contribution in [1.29, 1.82) is 0 Å². The van der Waals surface area contributed by atoms with Crippen LogP contribution in [0, 0.1) is 0 Å². The second kappa shape index (κ2) is 4.39. The highest BCUT2D eigenvalue weighted by Crippen LogP contribution is 2.37. The topological polar surface area (TPSA) is 12.0 Å². The summed E-state index contributed by atoms with van der Waals surface area (Å²) in [4.78, 5) is 1.38. The van der Waals surface area contributed by atoms with Crippen molar-refractivity contribution in [3.8, 4) is 0 Å². The Morgan fingerprint density at radius 3 is 3.14 bits per heavy atom. The molecular formula is C11H12ClNS. The van der Waals surface area contributed by atoms with Gasteiger partial charge in [0.15, 0.2) is 0 Å². The van der Waals surface area contributed by atoms with Gasteiger partial charge in [0.05, 0.1) is 0 Å². The van der Waals surface area contributed by atoms with Gasteiger partial charge >= 0.3 is 0 Å². The Kier molecular flexibility index (Phi) is 3.16. The molecule has 1 atom stereocenters. The maximum atomic E-state index is 5.72. The van der Waals surface area contributed by atoms with Crippen molar-refractivity contribution < 1.29 is 0 Å². The Morgan fingerprint density at radius 1 is 1.57 bits per heavy atom. The molecule has 1 aliphatic rings. The van der Waals surface area contributed by atoms with E-state index >= 15 is 0 Å². The quantitative estimate of drug-likeness (QED) is 0.848. The average molecular weight is 226 g/mol. The fraction of sp³-hybridized carbons (Fsp3) is 0.273. The maximum Gasteiger partial charge on any atom is 0.0429 e. The standard InChI is InChI=1S/C11H12ClNS/c1-8(12)6-13-10-7-14-11-5-3-2-4-9(10)11/h2-5,10,13H,1,6-7H2. The molecule has 1 N–H and O–H groups in total. The summed E-state index contributed by atoms with van der Waals surface area (Å²) in [6, 6.07) is 8.91. The second-order valence-corrected chi connectivity index (χ2v) is 4.90. The van der Waals surface area contributed by atoms with Crippen LogP contribution in [0.1, 0.15) is 11.6 Å². The molecule has 0 amide bonds. The molecular weight excluding hydrogens is 214 g/mol. The number of thioether (sulfide) groups is 1. The van der Waals surface area contributed by atoms with Crippen LogP contribution >= 0.6 is 23.4 Å². The highest BCUT2D eigenvalue weighted by Gasteiger charge is 2.21. The first-order valence-corrected chi connectivity index (χ1v) is 5.92. The highest BCUT2D eigenvalue weighted by molar-refractivity contribution is 7.99. The van der Waals surface area contributed by atoms with Crippen LogP contribution in [-0.4, -0.2) is 12.3 Å². The Morgan fingerprint density at radius 2 is 2.36 bits per heavy atom. The van der Waals surface area contributed by atoms with E-state index in [2.05, 4.69) is 36.2 Å². The van der Waals surface area contributed by atoms with Crippen molar-refractivity contribution in [2.45, 2.75) is 10.9 Å². The van der Waals surface area contributed by atoms with Crippen molar-refractivity contribution in [3.63, 3.8) is 0 Å². The summed E-state index contributed by atoms with van der Waals surface area (Å²) >= 11 is 7.61. The number of halogens is 1. The Balaban J connectivity index is 2.07. The van der Waals surface area contributed by atoms with Gasteiger partial charge in [-0.15, -0.1) is 11.8 Å².